The average Bonchev–Trinajstić information content (AvgIpc) is 2.39. The van der Waals surface area contributed by atoms with Gasteiger partial charge in [-0.25, -0.2) is 0 Å². The topological polar surface area (TPSA) is 69.2 Å². The number of rotatable bonds is 4. The number of nitrogen functional groups attached to an aromatic ring is 1. The summed E-state index contributed by atoms with van der Waals surface area (Å²) in [5.41, 5.74) is 8.77. The van der Waals surface area contributed by atoms with Crippen LogP contribution in [-0.2, 0) is 5.75 Å². The van der Waals surface area contributed by atoms with Gasteiger partial charge in [0.1, 0.15) is 0 Å². The molecule has 6 heteroatoms. The van der Waals surface area contributed by atoms with Gasteiger partial charge in [0.15, 0.2) is 0 Å². The third-order valence-electron chi connectivity index (χ3n) is 2.80. The largest absolute Gasteiger partial charge is 0.398 e. The molecule has 0 fully saturated rings. The number of thioether (sulfide) groups is 1. The minimum absolute atomic E-state index is 0.0833. The molecule has 0 aliphatic carbocycles. The van der Waals surface area contributed by atoms with E-state index in [1.807, 2.05) is 31.2 Å². The van der Waals surface area contributed by atoms with Crippen molar-refractivity contribution < 1.29 is 4.92 Å². The van der Waals surface area contributed by atoms with Gasteiger partial charge >= 0.3 is 0 Å². The molecule has 0 unspecified atom stereocenters. The van der Waals surface area contributed by atoms with Crippen molar-refractivity contribution in [2.24, 2.45) is 0 Å². The average molecular weight is 353 g/mol. The minimum atomic E-state index is -0.390. The minimum Gasteiger partial charge on any atom is -0.398 e. The second-order valence-electron chi connectivity index (χ2n) is 4.34. The lowest BCUT2D eigenvalue weighted by Crippen LogP contribution is -1.93. The van der Waals surface area contributed by atoms with Gasteiger partial charge in [0.25, 0.3) is 5.69 Å². The fraction of sp³-hybridized carbons (Fsp3) is 0.143. The molecule has 0 bridgehead atoms. The zero-order valence-corrected chi connectivity index (χ0v) is 13.2. The fourth-order valence-electron chi connectivity index (χ4n) is 1.77. The maximum Gasteiger partial charge on any atom is 0.283 e. The quantitative estimate of drug-likeness (QED) is 0.379. The first-order valence-electron chi connectivity index (χ1n) is 5.89. The highest BCUT2D eigenvalue weighted by Crippen LogP contribution is 2.34. The second kappa shape index (κ2) is 6.28. The van der Waals surface area contributed by atoms with E-state index >= 15 is 0 Å². The van der Waals surface area contributed by atoms with Gasteiger partial charge in [0, 0.05) is 22.4 Å². The Kier molecular flexibility index (Phi) is 4.67. The van der Waals surface area contributed by atoms with E-state index in [-0.39, 0.29) is 5.69 Å². The molecular formula is C14H13BrN2O2S. The Hall–Kier alpha value is -1.53. The van der Waals surface area contributed by atoms with Crippen LogP contribution in [0.5, 0.6) is 0 Å². The third-order valence-corrected chi connectivity index (χ3v) is 4.86. The normalized spacial score (nSPS) is 10.5. The van der Waals surface area contributed by atoms with Crippen molar-refractivity contribution in [1.29, 1.82) is 0 Å². The van der Waals surface area contributed by atoms with Crippen LogP contribution in [0.25, 0.3) is 0 Å². The molecule has 0 aromatic heterocycles. The highest BCUT2D eigenvalue weighted by molar-refractivity contribution is 9.10. The summed E-state index contributed by atoms with van der Waals surface area (Å²) < 4.78 is 0.531. The number of nitro groups is 1. The molecule has 0 saturated heterocycles. The molecule has 0 spiro atoms. The Balaban J connectivity index is 2.19. The van der Waals surface area contributed by atoms with Crippen LogP contribution in [0.1, 0.15) is 11.1 Å². The predicted molar refractivity (Wildman–Crippen MR) is 85.9 cm³/mol. The Labute approximate surface area is 129 Å². The van der Waals surface area contributed by atoms with E-state index in [0.29, 0.717) is 10.2 Å². The number of aryl methyl sites for hydroxylation is 1. The molecule has 0 radical (unpaired) electrons. The summed E-state index contributed by atoms with van der Waals surface area (Å²) in [6.07, 6.45) is 0. The SMILES string of the molecule is Cc1ccc(SCc2cccc([N+](=O)[O-])c2Br)c(N)c1. The van der Waals surface area contributed by atoms with Crippen LogP contribution in [0.15, 0.2) is 45.8 Å². The van der Waals surface area contributed by atoms with E-state index in [0.717, 1.165) is 21.7 Å². The molecular weight excluding hydrogens is 340 g/mol. The Bertz CT molecular complexity index is 662. The first-order valence-corrected chi connectivity index (χ1v) is 7.67. The van der Waals surface area contributed by atoms with E-state index in [4.69, 9.17) is 5.73 Å². The van der Waals surface area contributed by atoms with Crippen LogP contribution in [0.3, 0.4) is 0 Å². The molecule has 4 nitrogen and oxygen atoms in total. The Morgan fingerprint density at radius 2 is 2.10 bits per heavy atom. The zero-order chi connectivity index (χ0) is 14.7. The molecule has 2 N–H and O–H groups in total. The van der Waals surface area contributed by atoms with Crippen LogP contribution >= 0.6 is 27.7 Å². The van der Waals surface area contributed by atoms with Crippen molar-refractivity contribution in [3.8, 4) is 0 Å². The van der Waals surface area contributed by atoms with Crippen LogP contribution in [0.2, 0.25) is 0 Å². The van der Waals surface area contributed by atoms with Crippen molar-refractivity contribution in [1.82, 2.24) is 0 Å². The standard InChI is InChI=1S/C14H13BrN2O2S/c1-9-5-6-13(11(16)7-9)20-8-10-3-2-4-12(14(10)15)17(18)19/h2-7H,8,16H2,1H3. The van der Waals surface area contributed by atoms with E-state index in [1.165, 1.54) is 6.07 Å². The molecule has 2 rings (SSSR count). The molecule has 0 saturated carbocycles. The predicted octanol–water partition coefficient (Wildman–Crippen LogP) is 4.54. The number of nitrogens with two attached hydrogens (primary N) is 1. The van der Waals surface area contributed by atoms with E-state index in [9.17, 15) is 10.1 Å². The molecule has 0 heterocycles. The number of hydrogen-bond donors (Lipinski definition) is 1. The number of anilines is 1. The summed E-state index contributed by atoms with van der Waals surface area (Å²) in [5, 5.41) is 10.9. The van der Waals surface area contributed by atoms with Gasteiger partial charge in [-0.2, -0.15) is 0 Å². The van der Waals surface area contributed by atoms with Crippen molar-refractivity contribution >= 4 is 39.1 Å². The maximum atomic E-state index is 10.9. The summed E-state index contributed by atoms with van der Waals surface area (Å²) >= 11 is 4.87. The third kappa shape index (κ3) is 3.32. The van der Waals surface area contributed by atoms with Gasteiger partial charge in [0.2, 0.25) is 0 Å². The van der Waals surface area contributed by atoms with Gasteiger partial charge < -0.3 is 5.73 Å². The van der Waals surface area contributed by atoms with Crippen molar-refractivity contribution in [3.05, 3.63) is 62.1 Å². The van der Waals surface area contributed by atoms with Crippen molar-refractivity contribution in [2.45, 2.75) is 17.6 Å². The van der Waals surface area contributed by atoms with Crippen LogP contribution in [0.4, 0.5) is 11.4 Å². The van der Waals surface area contributed by atoms with Gasteiger partial charge in [-0.1, -0.05) is 18.2 Å². The number of benzene rings is 2. The molecule has 0 aliphatic rings. The van der Waals surface area contributed by atoms with Gasteiger partial charge in [0.05, 0.1) is 9.40 Å². The van der Waals surface area contributed by atoms with E-state index < -0.39 is 4.92 Å². The van der Waals surface area contributed by atoms with Gasteiger partial charge in [-0.3, -0.25) is 10.1 Å². The monoisotopic (exact) mass is 352 g/mol. The summed E-state index contributed by atoms with van der Waals surface area (Å²) in [4.78, 5) is 11.5. The summed E-state index contributed by atoms with van der Waals surface area (Å²) in [6, 6.07) is 10.9. The highest BCUT2D eigenvalue weighted by atomic mass is 79.9. The highest BCUT2D eigenvalue weighted by Gasteiger charge is 2.15. The molecule has 2 aromatic rings. The molecule has 2 aromatic carbocycles. The van der Waals surface area contributed by atoms with Crippen LogP contribution < -0.4 is 5.73 Å². The van der Waals surface area contributed by atoms with Crippen molar-refractivity contribution in [3.63, 3.8) is 0 Å². The number of halogens is 1. The molecule has 104 valence electrons. The summed E-state index contributed by atoms with van der Waals surface area (Å²) in [7, 11) is 0. The molecule has 20 heavy (non-hydrogen) atoms. The van der Waals surface area contributed by atoms with E-state index in [2.05, 4.69) is 15.9 Å². The Morgan fingerprint density at radius 1 is 1.35 bits per heavy atom. The number of nitro benzene ring substituents is 1. The van der Waals surface area contributed by atoms with Crippen LogP contribution in [0, 0.1) is 17.0 Å². The smallest absolute Gasteiger partial charge is 0.283 e. The lowest BCUT2D eigenvalue weighted by atomic mass is 10.2. The fourth-order valence-corrected chi connectivity index (χ4v) is 3.45. The number of nitrogens with zero attached hydrogens (tertiary/aromatic N) is 1. The summed E-state index contributed by atoms with van der Waals surface area (Å²) in [5.74, 6) is 0.621. The van der Waals surface area contributed by atoms with Gasteiger partial charge in [-0.05, 0) is 46.1 Å². The van der Waals surface area contributed by atoms with Gasteiger partial charge in [-0.15, -0.1) is 11.8 Å². The maximum absolute atomic E-state index is 10.9. The first kappa shape index (κ1) is 14.9. The number of hydrogen-bond acceptors (Lipinski definition) is 4. The van der Waals surface area contributed by atoms with Crippen molar-refractivity contribution in [2.75, 3.05) is 5.73 Å². The Morgan fingerprint density at radius 3 is 2.75 bits per heavy atom. The second-order valence-corrected chi connectivity index (χ2v) is 6.15. The zero-order valence-electron chi connectivity index (χ0n) is 10.8. The molecule has 0 atom stereocenters. The lowest BCUT2D eigenvalue weighted by Gasteiger charge is -2.08. The lowest BCUT2D eigenvalue weighted by molar-refractivity contribution is -0.385. The molecule has 0 amide bonds. The molecule has 0 aliphatic heterocycles. The first-order chi connectivity index (χ1) is 9.49. The summed E-state index contributed by atoms with van der Waals surface area (Å²) in [6.45, 7) is 1.99. The van der Waals surface area contributed by atoms with Crippen LogP contribution in [-0.4, -0.2) is 4.92 Å². The van der Waals surface area contributed by atoms with E-state index in [1.54, 1.807) is 17.8 Å².